The van der Waals surface area contributed by atoms with E-state index in [0.717, 1.165) is 25.6 Å². The monoisotopic (exact) mass is 198 g/mol. The minimum absolute atomic E-state index is 0.470. The van der Waals surface area contributed by atoms with Crippen LogP contribution in [0.3, 0.4) is 0 Å². The highest BCUT2D eigenvalue weighted by Crippen LogP contribution is 2.24. The van der Waals surface area contributed by atoms with Gasteiger partial charge in [0.05, 0.1) is 6.10 Å². The van der Waals surface area contributed by atoms with Crippen LogP contribution in [0.25, 0.3) is 0 Å². The number of ether oxygens (including phenoxy) is 1. The molecule has 0 bridgehead atoms. The number of nitrogens with one attached hydrogen (secondary N) is 1. The SMILES string of the molecule is NC1CC(CNCC2CCCCO2)C1. The van der Waals surface area contributed by atoms with Gasteiger partial charge in [0, 0.05) is 19.2 Å². The van der Waals surface area contributed by atoms with Crippen LogP contribution in [0.2, 0.25) is 0 Å². The van der Waals surface area contributed by atoms with E-state index in [1.54, 1.807) is 0 Å². The first kappa shape index (κ1) is 10.4. The summed E-state index contributed by atoms with van der Waals surface area (Å²) in [5.41, 5.74) is 5.73. The second kappa shape index (κ2) is 5.10. The second-order valence-corrected chi connectivity index (χ2v) is 4.74. The minimum Gasteiger partial charge on any atom is -0.377 e. The first-order valence-electron chi connectivity index (χ1n) is 5.92. The van der Waals surface area contributed by atoms with Crippen molar-refractivity contribution in [2.45, 2.75) is 44.2 Å². The Balaban J connectivity index is 1.50. The molecule has 0 aromatic carbocycles. The van der Waals surface area contributed by atoms with Crippen molar-refractivity contribution in [1.82, 2.24) is 5.32 Å². The third kappa shape index (κ3) is 2.94. The minimum atomic E-state index is 0.470. The van der Waals surface area contributed by atoms with Crippen LogP contribution in [0.4, 0.5) is 0 Å². The van der Waals surface area contributed by atoms with Gasteiger partial charge in [-0.3, -0.25) is 0 Å². The van der Waals surface area contributed by atoms with Crippen LogP contribution in [-0.2, 0) is 4.74 Å². The van der Waals surface area contributed by atoms with Gasteiger partial charge in [-0.1, -0.05) is 0 Å². The van der Waals surface area contributed by atoms with Gasteiger partial charge in [-0.05, 0) is 44.6 Å². The zero-order valence-corrected chi connectivity index (χ0v) is 8.87. The van der Waals surface area contributed by atoms with E-state index < -0.39 is 0 Å². The lowest BCUT2D eigenvalue weighted by molar-refractivity contribution is 0.0158. The molecule has 82 valence electrons. The lowest BCUT2D eigenvalue weighted by Crippen LogP contribution is -2.43. The zero-order valence-electron chi connectivity index (χ0n) is 8.87. The summed E-state index contributed by atoms with van der Waals surface area (Å²) in [5, 5.41) is 3.50. The van der Waals surface area contributed by atoms with Crippen molar-refractivity contribution in [1.29, 1.82) is 0 Å². The molecule has 1 atom stereocenters. The van der Waals surface area contributed by atoms with E-state index in [9.17, 15) is 0 Å². The highest BCUT2D eigenvalue weighted by molar-refractivity contribution is 4.83. The highest BCUT2D eigenvalue weighted by atomic mass is 16.5. The molecule has 2 rings (SSSR count). The summed E-state index contributed by atoms with van der Waals surface area (Å²) in [4.78, 5) is 0. The standard InChI is InChI=1S/C11H22N2O/c12-10-5-9(6-10)7-13-8-11-3-1-2-4-14-11/h9-11,13H,1-8,12H2. The molecule has 3 N–H and O–H groups in total. The van der Waals surface area contributed by atoms with Crippen molar-refractivity contribution >= 4 is 0 Å². The molecular weight excluding hydrogens is 176 g/mol. The molecule has 1 unspecified atom stereocenters. The van der Waals surface area contributed by atoms with Gasteiger partial charge in [-0.25, -0.2) is 0 Å². The Bertz CT molecular complexity index is 163. The predicted octanol–water partition coefficient (Wildman–Crippen LogP) is 0.882. The van der Waals surface area contributed by atoms with Crippen molar-refractivity contribution in [3.63, 3.8) is 0 Å². The van der Waals surface area contributed by atoms with Crippen molar-refractivity contribution in [3.8, 4) is 0 Å². The Morgan fingerprint density at radius 1 is 1.21 bits per heavy atom. The van der Waals surface area contributed by atoms with Gasteiger partial charge < -0.3 is 15.8 Å². The first-order chi connectivity index (χ1) is 6.84. The molecule has 14 heavy (non-hydrogen) atoms. The molecular formula is C11H22N2O. The van der Waals surface area contributed by atoms with Crippen LogP contribution in [-0.4, -0.2) is 31.8 Å². The van der Waals surface area contributed by atoms with E-state index in [1.165, 1.54) is 32.1 Å². The quantitative estimate of drug-likeness (QED) is 0.705. The van der Waals surface area contributed by atoms with Gasteiger partial charge >= 0.3 is 0 Å². The smallest absolute Gasteiger partial charge is 0.0699 e. The molecule has 3 nitrogen and oxygen atoms in total. The largest absolute Gasteiger partial charge is 0.377 e. The van der Waals surface area contributed by atoms with Gasteiger partial charge in [0.1, 0.15) is 0 Å². The van der Waals surface area contributed by atoms with E-state index in [2.05, 4.69) is 5.32 Å². The number of hydrogen-bond acceptors (Lipinski definition) is 3. The van der Waals surface area contributed by atoms with Crippen LogP contribution < -0.4 is 11.1 Å². The first-order valence-corrected chi connectivity index (χ1v) is 5.92. The van der Waals surface area contributed by atoms with Crippen molar-refractivity contribution in [3.05, 3.63) is 0 Å². The number of rotatable bonds is 4. The molecule has 0 amide bonds. The Kier molecular flexibility index (Phi) is 3.79. The maximum atomic E-state index is 5.73. The topological polar surface area (TPSA) is 47.3 Å². The van der Waals surface area contributed by atoms with E-state index in [-0.39, 0.29) is 0 Å². The summed E-state index contributed by atoms with van der Waals surface area (Å²) < 4.78 is 5.65. The lowest BCUT2D eigenvalue weighted by atomic mass is 9.81. The molecule has 0 radical (unpaired) electrons. The maximum absolute atomic E-state index is 5.73. The molecule has 1 heterocycles. The van der Waals surface area contributed by atoms with E-state index in [1.807, 2.05) is 0 Å². The molecule has 2 fully saturated rings. The van der Waals surface area contributed by atoms with Gasteiger partial charge in [0.2, 0.25) is 0 Å². The third-order valence-electron chi connectivity index (χ3n) is 3.35. The van der Waals surface area contributed by atoms with Crippen LogP contribution >= 0.6 is 0 Å². The maximum Gasteiger partial charge on any atom is 0.0699 e. The molecule has 0 aromatic heterocycles. The van der Waals surface area contributed by atoms with Gasteiger partial charge in [-0.2, -0.15) is 0 Å². The summed E-state index contributed by atoms with van der Waals surface area (Å²) in [5.74, 6) is 0.827. The summed E-state index contributed by atoms with van der Waals surface area (Å²) in [6.07, 6.45) is 6.69. The fourth-order valence-corrected chi connectivity index (χ4v) is 2.37. The van der Waals surface area contributed by atoms with Crippen molar-refractivity contribution in [2.75, 3.05) is 19.7 Å². The lowest BCUT2D eigenvalue weighted by Gasteiger charge is -2.33. The van der Waals surface area contributed by atoms with Crippen LogP contribution in [0.5, 0.6) is 0 Å². The summed E-state index contributed by atoms with van der Waals surface area (Å²) in [7, 11) is 0. The van der Waals surface area contributed by atoms with Crippen molar-refractivity contribution in [2.24, 2.45) is 11.7 Å². The molecule has 1 saturated heterocycles. The fourth-order valence-electron chi connectivity index (χ4n) is 2.37. The predicted molar refractivity (Wildman–Crippen MR) is 57.2 cm³/mol. The third-order valence-corrected chi connectivity index (χ3v) is 3.35. The average molecular weight is 198 g/mol. The molecule has 2 aliphatic rings. The Labute approximate surface area is 86.4 Å². The van der Waals surface area contributed by atoms with Crippen LogP contribution in [0.15, 0.2) is 0 Å². The molecule has 3 heteroatoms. The van der Waals surface area contributed by atoms with E-state index in [4.69, 9.17) is 10.5 Å². The Morgan fingerprint density at radius 2 is 2.07 bits per heavy atom. The Hall–Kier alpha value is -0.120. The second-order valence-electron chi connectivity index (χ2n) is 4.74. The summed E-state index contributed by atoms with van der Waals surface area (Å²) >= 11 is 0. The van der Waals surface area contributed by atoms with Gasteiger partial charge in [0.15, 0.2) is 0 Å². The number of hydrogen-bond donors (Lipinski definition) is 2. The zero-order chi connectivity index (χ0) is 9.80. The van der Waals surface area contributed by atoms with Crippen LogP contribution in [0.1, 0.15) is 32.1 Å². The number of nitrogens with two attached hydrogens (primary N) is 1. The normalized spacial score (nSPS) is 37.9. The molecule has 1 aliphatic heterocycles. The summed E-state index contributed by atoms with van der Waals surface area (Å²) in [6, 6.07) is 0.479. The van der Waals surface area contributed by atoms with Crippen molar-refractivity contribution < 1.29 is 4.74 Å². The highest BCUT2D eigenvalue weighted by Gasteiger charge is 2.25. The molecule has 0 aromatic rings. The Morgan fingerprint density at radius 3 is 2.71 bits per heavy atom. The van der Waals surface area contributed by atoms with Gasteiger partial charge in [0.25, 0.3) is 0 Å². The van der Waals surface area contributed by atoms with E-state index in [0.29, 0.717) is 12.1 Å². The summed E-state index contributed by atoms with van der Waals surface area (Å²) in [6.45, 7) is 3.12. The molecule has 1 aliphatic carbocycles. The van der Waals surface area contributed by atoms with Crippen LogP contribution in [0, 0.1) is 5.92 Å². The molecule has 0 spiro atoms. The molecule has 1 saturated carbocycles. The average Bonchev–Trinajstić information content (AvgIpc) is 2.17. The fraction of sp³-hybridized carbons (Fsp3) is 1.00. The van der Waals surface area contributed by atoms with E-state index >= 15 is 0 Å². The van der Waals surface area contributed by atoms with Gasteiger partial charge in [-0.15, -0.1) is 0 Å².